The van der Waals surface area contributed by atoms with Crippen molar-refractivity contribution in [1.29, 1.82) is 0 Å². The number of nitrogens with zero attached hydrogens (tertiary/aromatic N) is 2. The molecule has 0 aromatic heterocycles. The van der Waals surface area contributed by atoms with Gasteiger partial charge in [-0.15, -0.1) is 0 Å². The SMILES string of the molecule is O=C1[C@@H]2[C@H](C(=O)N1Cc1ccc([N+](=O)[O-])cc1)[C@@H]1C=C[C@@H]2CC1. The number of likely N-dealkylation sites (tertiary alicyclic amines) is 1. The van der Waals surface area contributed by atoms with Crippen LogP contribution < -0.4 is 0 Å². The van der Waals surface area contributed by atoms with Gasteiger partial charge in [-0.25, -0.2) is 0 Å². The molecule has 3 aliphatic carbocycles. The number of benzene rings is 1. The van der Waals surface area contributed by atoms with Gasteiger partial charge in [0.1, 0.15) is 0 Å². The van der Waals surface area contributed by atoms with Gasteiger partial charge in [-0.1, -0.05) is 24.3 Å². The highest BCUT2D eigenvalue weighted by molar-refractivity contribution is 6.06. The maximum Gasteiger partial charge on any atom is 0.269 e. The van der Waals surface area contributed by atoms with Crippen LogP contribution in [0.3, 0.4) is 0 Å². The zero-order chi connectivity index (χ0) is 16.1. The molecule has 5 rings (SSSR count). The summed E-state index contributed by atoms with van der Waals surface area (Å²) in [5.74, 6) is -0.213. The van der Waals surface area contributed by atoms with Gasteiger partial charge < -0.3 is 0 Å². The molecular weight excluding hydrogens is 296 g/mol. The number of allylic oxidation sites excluding steroid dienone is 2. The Morgan fingerprint density at radius 2 is 1.52 bits per heavy atom. The molecule has 2 fully saturated rings. The normalized spacial score (nSPS) is 31.6. The quantitative estimate of drug-likeness (QED) is 0.371. The average Bonchev–Trinajstić information content (AvgIpc) is 2.83. The number of carbonyl (C=O) groups excluding carboxylic acids is 2. The molecule has 0 radical (unpaired) electrons. The molecule has 1 aromatic rings. The average molecular weight is 312 g/mol. The first-order chi connectivity index (χ1) is 11.1. The first-order valence-electron chi connectivity index (χ1n) is 7.83. The van der Waals surface area contributed by atoms with Crippen LogP contribution in [-0.2, 0) is 16.1 Å². The van der Waals surface area contributed by atoms with E-state index in [4.69, 9.17) is 0 Å². The molecule has 4 atom stereocenters. The lowest BCUT2D eigenvalue weighted by molar-refractivity contribution is -0.384. The number of amides is 2. The van der Waals surface area contributed by atoms with Crippen molar-refractivity contribution >= 4 is 17.5 Å². The van der Waals surface area contributed by atoms with Crippen LogP contribution >= 0.6 is 0 Å². The maximum atomic E-state index is 12.7. The van der Waals surface area contributed by atoms with E-state index in [0.29, 0.717) is 0 Å². The van der Waals surface area contributed by atoms with Gasteiger partial charge in [0, 0.05) is 12.1 Å². The molecule has 1 aliphatic heterocycles. The number of hydrogen-bond acceptors (Lipinski definition) is 4. The summed E-state index contributed by atoms with van der Waals surface area (Å²) in [5, 5.41) is 10.7. The smallest absolute Gasteiger partial charge is 0.269 e. The molecule has 1 heterocycles. The van der Waals surface area contributed by atoms with Gasteiger partial charge in [0.2, 0.25) is 11.8 Å². The van der Waals surface area contributed by atoms with E-state index in [2.05, 4.69) is 12.2 Å². The number of fused-ring (bicyclic) bond motifs is 1. The van der Waals surface area contributed by atoms with Crippen molar-refractivity contribution in [2.75, 3.05) is 0 Å². The number of nitro groups is 1. The highest BCUT2D eigenvalue weighted by Crippen LogP contribution is 2.49. The Hall–Kier alpha value is -2.50. The summed E-state index contributed by atoms with van der Waals surface area (Å²) in [7, 11) is 0. The Balaban J connectivity index is 1.57. The second kappa shape index (κ2) is 5.01. The minimum Gasteiger partial charge on any atom is -0.278 e. The molecule has 2 bridgehead atoms. The molecule has 23 heavy (non-hydrogen) atoms. The second-order valence-corrected chi connectivity index (χ2v) is 6.53. The predicted octanol–water partition coefficient (Wildman–Crippen LogP) is 2.29. The standard InChI is InChI=1S/C17H16N2O4/c20-16-14-11-3-4-12(6-5-11)15(14)17(21)18(16)9-10-1-7-13(8-2-10)19(22)23/h1-4,7-8,11-12,14-15H,5-6,9H2/t11-,12-,14-,15+/m1/s1. The van der Waals surface area contributed by atoms with Gasteiger partial charge in [-0.05, 0) is 30.2 Å². The minimum atomic E-state index is -0.464. The van der Waals surface area contributed by atoms with Crippen molar-refractivity contribution in [3.05, 3.63) is 52.1 Å². The molecule has 0 spiro atoms. The first kappa shape index (κ1) is 14.1. The third-order valence-corrected chi connectivity index (χ3v) is 5.34. The van der Waals surface area contributed by atoms with Crippen LogP contribution in [0.15, 0.2) is 36.4 Å². The Bertz CT molecular complexity index is 693. The Morgan fingerprint density at radius 3 is 1.96 bits per heavy atom. The summed E-state index contributed by atoms with van der Waals surface area (Å²) >= 11 is 0. The van der Waals surface area contributed by atoms with Crippen molar-refractivity contribution in [1.82, 2.24) is 4.90 Å². The molecule has 1 aromatic carbocycles. The number of carbonyl (C=O) groups is 2. The van der Waals surface area contributed by atoms with E-state index in [-0.39, 0.29) is 47.7 Å². The van der Waals surface area contributed by atoms with E-state index in [1.807, 2.05) is 0 Å². The molecule has 118 valence electrons. The third kappa shape index (κ3) is 2.09. The molecule has 6 heteroatoms. The molecular formula is C17H16N2O4. The molecule has 2 amide bonds. The first-order valence-corrected chi connectivity index (χ1v) is 7.83. The van der Waals surface area contributed by atoms with Crippen molar-refractivity contribution in [3.63, 3.8) is 0 Å². The molecule has 0 N–H and O–H groups in total. The van der Waals surface area contributed by atoms with Gasteiger partial charge in [-0.2, -0.15) is 0 Å². The number of non-ortho nitro benzene ring substituents is 1. The third-order valence-electron chi connectivity index (χ3n) is 5.34. The molecule has 1 saturated carbocycles. The fraction of sp³-hybridized carbons (Fsp3) is 0.412. The zero-order valence-electron chi connectivity index (χ0n) is 12.4. The van der Waals surface area contributed by atoms with Gasteiger partial charge in [0.05, 0.1) is 23.3 Å². The Morgan fingerprint density at radius 1 is 1.00 bits per heavy atom. The lowest BCUT2D eigenvalue weighted by Gasteiger charge is -2.38. The predicted molar refractivity (Wildman–Crippen MR) is 81.0 cm³/mol. The van der Waals surface area contributed by atoms with Crippen LogP contribution in [0, 0.1) is 33.8 Å². The van der Waals surface area contributed by atoms with Crippen molar-refractivity contribution in [3.8, 4) is 0 Å². The largest absolute Gasteiger partial charge is 0.278 e. The number of rotatable bonds is 3. The lowest BCUT2D eigenvalue weighted by Crippen LogP contribution is -2.38. The molecule has 4 aliphatic rings. The number of imide groups is 1. The Kier molecular flexibility index (Phi) is 3.07. The molecule has 6 nitrogen and oxygen atoms in total. The van der Waals surface area contributed by atoms with E-state index in [1.165, 1.54) is 17.0 Å². The highest BCUT2D eigenvalue weighted by Gasteiger charge is 2.56. The fourth-order valence-corrected chi connectivity index (χ4v) is 4.20. The van der Waals surface area contributed by atoms with E-state index in [9.17, 15) is 19.7 Å². The number of hydrogen-bond donors (Lipinski definition) is 0. The highest BCUT2D eigenvalue weighted by atomic mass is 16.6. The molecule has 0 unspecified atom stereocenters. The monoisotopic (exact) mass is 312 g/mol. The van der Waals surface area contributed by atoms with Crippen LogP contribution in [0.25, 0.3) is 0 Å². The summed E-state index contributed by atoms with van der Waals surface area (Å²) in [6, 6.07) is 6.01. The Labute approximate surface area is 132 Å². The summed E-state index contributed by atoms with van der Waals surface area (Å²) < 4.78 is 0. The lowest BCUT2D eigenvalue weighted by atomic mass is 9.63. The molecule has 1 saturated heterocycles. The fourth-order valence-electron chi connectivity index (χ4n) is 4.20. The summed E-state index contributed by atoms with van der Waals surface area (Å²) in [4.78, 5) is 36.9. The summed E-state index contributed by atoms with van der Waals surface area (Å²) in [5.41, 5.74) is 0.736. The van der Waals surface area contributed by atoms with E-state index in [0.717, 1.165) is 18.4 Å². The van der Waals surface area contributed by atoms with Gasteiger partial charge >= 0.3 is 0 Å². The van der Waals surface area contributed by atoms with Gasteiger partial charge in [0.25, 0.3) is 5.69 Å². The van der Waals surface area contributed by atoms with Crippen molar-refractivity contribution < 1.29 is 14.5 Å². The minimum absolute atomic E-state index is 0.00346. The van der Waals surface area contributed by atoms with E-state index < -0.39 is 4.92 Å². The van der Waals surface area contributed by atoms with Gasteiger partial charge in [0.15, 0.2) is 0 Å². The van der Waals surface area contributed by atoms with Crippen LogP contribution in [0.4, 0.5) is 5.69 Å². The van der Waals surface area contributed by atoms with Crippen molar-refractivity contribution in [2.24, 2.45) is 23.7 Å². The zero-order valence-corrected chi connectivity index (χ0v) is 12.4. The van der Waals surface area contributed by atoms with E-state index in [1.54, 1.807) is 12.1 Å². The van der Waals surface area contributed by atoms with Gasteiger partial charge in [-0.3, -0.25) is 24.6 Å². The maximum absolute atomic E-state index is 12.7. The van der Waals surface area contributed by atoms with Crippen molar-refractivity contribution in [2.45, 2.75) is 19.4 Å². The van der Waals surface area contributed by atoms with Crippen LogP contribution in [0.5, 0.6) is 0 Å². The van der Waals surface area contributed by atoms with Crippen LogP contribution in [-0.4, -0.2) is 21.6 Å². The second-order valence-electron chi connectivity index (χ2n) is 6.53. The van der Waals surface area contributed by atoms with E-state index >= 15 is 0 Å². The number of nitro benzene ring substituents is 1. The van der Waals surface area contributed by atoms with Crippen LogP contribution in [0.2, 0.25) is 0 Å². The summed E-state index contributed by atoms with van der Waals surface area (Å²) in [6.45, 7) is 0.197. The topological polar surface area (TPSA) is 80.5 Å². The van der Waals surface area contributed by atoms with Crippen LogP contribution in [0.1, 0.15) is 18.4 Å². The summed E-state index contributed by atoms with van der Waals surface area (Å²) in [6.07, 6.45) is 6.14.